The van der Waals surface area contributed by atoms with Gasteiger partial charge in [0, 0.05) is 0 Å². The van der Waals surface area contributed by atoms with Crippen molar-refractivity contribution in [3.05, 3.63) is 23.5 Å². The molecule has 1 saturated heterocycles. The number of ether oxygens (including phenoxy) is 3. The summed E-state index contributed by atoms with van der Waals surface area (Å²) in [4.78, 5) is 29.0. The molecule has 23 heavy (non-hydrogen) atoms. The fourth-order valence-electron chi connectivity index (χ4n) is 2.06. The van der Waals surface area contributed by atoms with Crippen molar-refractivity contribution in [2.45, 2.75) is 39.4 Å². The zero-order valence-electron chi connectivity index (χ0n) is 14.1. The molecule has 0 atom stereocenters. The summed E-state index contributed by atoms with van der Waals surface area (Å²) in [7, 11) is 1.31. The van der Waals surface area contributed by atoms with Crippen molar-refractivity contribution in [2.75, 3.05) is 20.2 Å². The number of likely N-dealkylation sites (tertiary alicyclic amines) is 1. The van der Waals surface area contributed by atoms with Gasteiger partial charge in [-0.05, 0) is 39.8 Å². The van der Waals surface area contributed by atoms with E-state index in [1.807, 2.05) is 20.8 Å². The molecule has 1 fully saturated rings. The summed E-state index contributed by atoms with van der Waals surface area (Å²) in [5.41, 5.74) is 0.331. The Kier molecular flexibility index (Phi) is 4.77. The first-order chi connectivity index (χ1) is 10.7. The van der Waals surface area contributed by atoms with Crippen LogP contribution in [0.5, 0.6) is 5.75 Å². The molecular formula is C16H22N2O5. The summed E-state index contributed by atoms with van der Waals surface area (Å²) in [6.45, 7) is 8.18. The lowest BCUT2D eigenvalue weighted by Crippen LogP contribution is -2.57. The van der Waals surface area contributed by atoms with E-state index >= 15 is 0 Å². The molecule has 0 bridgehead atoms. The molecule has 1 aliphatic rings. The first-order valence-electron chi connectivity index (χ1n) is 7.40. The fraction of sp³-hybridized carbons (Fsp3) is 0.562. The number of aromatic nitrogens is 1. The number of methoxy groups -OCH3 is 1. The lowest BCUT2D eigenvalue weighted by molar-refractivity contribution is -0.0224. The molecule has 0 spiro atoms. The topological polar surface area (TPSA) is 78.0 Å². The number of aryl methyl sites for hydroxylation is 1. The Hall–Kier alpha value is -2.31. The van der Waals surface area contributed by atoms with Crippen LogP contribution >= 0.6 is 0 Å². The summed E-state index contributed by atoms with van der Waals surface area (Å²) in [6, 6.07) is 3.24. The quantitative estimate of drug-likeness (QED) is 0.794. The summed E-state index contributed by atoms with van der Waals surface area (Å²) >= 11 is 0. The molecule has 2 rings (SSSR count). The summed E-state index contributed by atoms with van der Waals surface area (Å²) in [5, 5.41) is 0. The molecule has 1 aromatic rings. The van der Waals surface area contributed by atoms with Gasteiger partial charge in [-0.2, -0.15) is 0 Å². The zero-order chi connectivity index (χ0) is 17.2. The number of hydrogen-bond acceptors (Lipinski definition) is 6. The number of nitrogens with zero attached hydrogens (tertiary/aromatic N) is 2. The smallest absolute Gasteiger partial charge is 0.410 e. The predicted octanol–water partition coefficient (Wildman–Crippen LogP) is 2.17. The number of hydrogen-bond donors (Lipinski definition) is 0. The van der Waals surface area contributed by atoms with Crippen LogP contribution in [0.3, 0.4) is 0 Å². The number of esters is 1. The maximum absolute atomic E-state index is 11.8. The monoisotopic (exact) mass is 322 g/mol. The normalized spacial score (nSPS) is 14.9. The average Bonchev–Trinajstić information content (AvgIpc) is 2.40. The first kappa shape index (κ1) is 17.1. The van der Waals surface area contributed by atoms with Gasteiger partial charge in [-0.3, -0.25) is 0 Å². The largest absolute Gasteiger partial charge is 0.485 e. The standard InChI is InChI=1S/C16H22N2O5/c1-10-13(7-6-12(17-10)14(19)21-5)22-11-8-18(9-11)15(20)23-16(2,3)4/h6-7,11H,8-9H2,1-5H3. The summed E-state index contributed by atoms with van der Waals surface area (Å²) < 4.78 is 15.7. The third-order valence-electron chi connectivity index (χ3n) is 3.23. The van der Waals surface area contributed by atoms with Crippen LogP contribution in [0.4, 0.5) is 4.79 Å². The maximum atomic E-state index is 11.8. The Labute approximate surface area is 135 Å². The van der Waals surface area contributed by atoms with Crippen LogP contribution in [0, 0.1) is 6.92 Å². The molecule has 1 amide bonds. The Morgan fingerprint density at radius 2 is 1.91 bits per heavy atom. The van der Waals surface area contributed by atoms with Crippen LogP contribution in [0.15, 0.2) is 12.1 Å². The van der Waals surface area contributed by atoms with Crippen LogP contribution in [0.1, 0.15) is 37.0 Å². The highest BCUT2D eigenvalue weighted by molar-refractivity contribution is 5.87. The van der Waals surface area contributed by atoms with E-state index < -0.39 is 11.6 Å². The Balaban J connectivity index is 1.88. The minimum absolute atomic E-state index is 0.105. The highest BCUT2D eigenvalue weighted by atomic mass is 16.6. The highest BCUT2D eigenvalue weighted by Gasteiger charge is 2.35. The lowest BCUT2D eigenvalue weighted by Gasteiger charge is -2.39. The second-order valence-electron chi connectivity index (χ2n) is 6.40. The van der Waals surface area contributed by atoms with E-state index in [0.29, 0.717) is 24.5 Å². The molecule has 0 N–H and O–H groups in total. The lowest BCUT2D eigenvalue weighted by atomic mass is 10.1. The van der Waals surface area contributed by atoms with Crippen molar-refractivity contribution in [2.24, 2.45) is 0 Å². The van der Waals surface area contributed by atoms with Crippen LogP contribution in [0.2, 0.25) is 0 Å². The van der Waals surface area contributed by atoms with Gasteiger partial charge >= 0.3 is 12.1 Å². The zero-order valence-corrected chi connectivity index (χ0v) is 14.1. The molecular weight excluding hydrogens is 300 g/mol. The van der Waals surface area contributed by atoms with Crippen molar-refractivity contribution < 1.29 is 23.8 Å². The Morgan fingerprint density at radius 1 is 1.26 bits per heavy atom. The highest BCUT2D eigenvalue weighted by Crippen LogP contribution is 2.23. The maximum Gasteiger partial charge on any atom is 0.410 e. The van der Waals surface area contributed by atoms with E-state index in [-0.39, 0.29) is 17.9 Å². The number of carbonyl (C=O) groups excluding carboxylic acids is 2. The number of pyridine rings is 1. The van der Waals surface area contributed by atoms with E-state index in [0.717, 1.165) is 0 Å². The molecule has 1 aromatic heterocycles. The molecule has 0 saturated carbocycles. The van der Waals surface area contributed by atoms with E-state index in [9.17, 15) is 9.59 Å². The van der Waals surface area contributed by atoms with Crippen molar-refractivity contribution in [1.82, 2.24) is 9.88 Å². The van der Waals surface area contributed by atoms with Gasteiger partial charge in [0.2, 0.25) is 0 Å². The Bertz CT molecular complexity index is 603. The van der Waals surface area contributed by atoms with Gasteiger partial charge in [0.05, 0.1) is 25.9 Å². The average molecular weight is 322 g/mol. The minimum Gasteiger partial charge on any atom is -0.485 e. The van der Waals surface area contributed by atoms with Gasteiger partial charge < -0.3 is 19.1 Å². The van der Waals surface area contributed by atoms with Crippen LogP contribution < -0.4 is 4.74 Å². The third kappa shape index (κ3) is 4.34. The van der Waals surface area contributed by atoms with Crippen molar-refractivity contribution in [1.29, 1.82) is 0 Å². The SMILES string of the molecule is COC(=O)c1ccc(OC2CN(C(=O)OC(C)(C)C)C2)c(C)n1. The van der Waals surface area contributed by atoms with E-state index in [1.165, 1.54) is 7.11 Å². The van der Waals surface area contributed by atoms with Crippen molar-refractivity contribution in [3.8, 4) is 5.75 Å². The summed E-state index contributed by atoms with van der Waals surface area (Å²) in [6.07, 6.45) is -0.444. The van der Waals surface area contributed by atoms with Gasteiger partial charge in [-0.25, -0.2) is 14.6 Å². The molecule has 7 nitrogen and oxygen atoms in total. The third-order valence-corrected chi connectivity index (χ3v) is 3.23. The predicted molar refractivity (Wildman–Crippen MR) is 82.5 cm³/mol. The first-order valence-corrected chi connectivity index (χ1v) is 7.40. The van der Waals surface area contributed by atoms with Crippen LogP contribution in [-0.4, -0.2) is 53.9 Å². The van der Waals surface area contributed by atoms with E-state index in [4.69, 9.17) is 9.47 Å². The molecule has 7 heteroatoms. The number of carbonyl (C=O) groups is 2. The Morgan fingerprint density at radius 3 is 2.43 bits per heavy atom. The second-order valence-corrected chi connectivity index (χ2v) is 6.40. The van der Waals surface area contributed by atoms with Gasteiger partial charge in [0.15, 0.2) is 0 Å². The van der Waals surface area contributed by atoms with Crippen LogP contribution in [-0.2, 0) is 9.47 Å². The fourth-order valence-corrected chi connectivity index (χ4v) is 2.06. The molecule has 0 aliphatic carbocycles. The van der Waals surface area contributed by atoms with Crippen molar-refractivity contribution in [3.63, 3.8) is 0 Å². The van der Waals surface area contributed by atoms with Gasteiger partial charge in [-0.15, -0.1) is 0 Å². The molecule has 1 aliphatic heterocycles. The number of rotatable bonds is 3. The van der Waals surface area contributed by atoms with Crippen molar-refractivity contribution >= 4 is 12.1 Å². The molecule has 0 aromatic carbocycles. The molecule has 2 heterocycles. The van der Waals surface area contributed by atoms with E-state index in [1.54, 1.807) is 24.0 Å². The summed E-state index contributed by atoms with van der Waals surface area (Å²) in [5.74, 6) is 0.103. The molecule has 126 valence electrons. The number of amides is 1. The molecule has 0 unspecified atom stereocenters. The van der Waals surface area contributed by atoms with Gasteiger partial charge in [0.25, 0.3) is 0 Å². The second kappa shape index (κ2) is 6.44. The van der Waals surface area contributed by atoms with Crippen LogP contribution in [0.25, 0.3) is 0 Å². The van der Waals surface area contributed by atoms with Gasteiger partial charge in [-0.1, -0.05) is 0 Å². The minimum atomic E-state index is -0.507. The van der Waals surface area contributed by atoms with Gasteiger partial charge in [0.1, 0.15) is 23.1 Å². The van der Waals surface area contributed by atoms with E-state index in [2.05, 4.69) is 9.72 Å². The molecule has 0 radical (unpaired) electrons.